The van der Waals surface area contributed by atoms with E-state index in [0.717, 1.165) is 38.5 Å². The zero-order valence-electron chi connectivity index (χ0n) is 32.3. The van der Waals surface area contributed by atoms with E-state index in [2.05, 4.69) is 68.2 Å². The van der Waals surface area contributed by atoms with Gasteiger partial charge in [0.25, 0.3) is 0 Å². The van der Waals surface area contributed by atoms with Crippen LogP contribution in [0.4, 0.5) is 0 Å². The van der Waals surface area contributed by atoms with E-state index in [4.69, 9.17) is 28.9 Å². The van der Waals surface area contributed by atoms with Crippen molar-refractivity contribution in [2.24, 2.45) is 0 Å². The number of rotatable bonds is 12. The van der Waals surface area contributed by atoms with Gasteiger partial charge in [-0.3, -0.25) is 4.57 Å². The maximum absolute atomic E-state index is 6.69. The molecule has 0 radical (unpaired) electrons. The first kappa shape index (κ1) is 36.2. The third-order valence-corrected chi connectivity index (χ3v) is 9.63. The maximum Gasteiger partial charge on any atom is 0.234 e. The van der Waals surface area contributed by atoms with Crippen LogP contribution in [-0.2, 0) is 0 Å². The molecular weight excluding hydrogens is 699 g/mol. The van der Waals surface area contributed by atoms with Gasteiger partial charge in [-0.15, -0.1) is 0 Å². The number of ether oxygens (including phenoxy) is 4. The lowest BCUT2D eigenvalue weighted by atomic mass is 10.0. The predicted molar refractivity (Wildman–Crippen MR) is 220 cm³/mol. The Hall–Kier alpha value is -6.74. The summed E-state index contributed by atoms with van der Waals surface area (Å²) in [5.41, 5.74) is 4.97. The Morgan fingerprint density at radius 1 is 0.446 bits per heavy atom. The fourth-order valence-corrected chi connectivity index (χ4v) is 6.66. The summed E-state index contributed by atoms with van der Waals surface area (Å²) in [4.78, 5) is 18.4. The summed E-state index contributed by atoms with van der Waals surface area (Å²) >= 11 is 0. The number of fused-ring (bicyclic) bond motifs is 3. The summed E-state index contributed by atoms with van der Waals surface area (Å²) in [6.45, 7) is 12.9. The molecule has 0 saturated carbocycles. The smallest absolute Gasteiger partial charge is 0.234 e. The first-order valence-corrected chi connectivity index (χ1v) is 18.9. The molecule has 8 aromatic rings. The van der Waals surface area contributed by atoms with Crippen molar-refractivity contribution in [3.05, 3.63) is 151 Å². The molecule has 0 fully saturated rings. The summed E-state index contributed by atoms with van der Waals surface area (Å²) in [7, 11) is 0. The van der Waals surface area contributed by atoms with Crippen LogP contribution in [0, 0.1) is 0 Å². The van der Waals surface area contributed by atoms with Crippen LogP contribution in [0.5, 0.6) is 46.3 Å². The Bertz CT molecular complexity index is 2470. The molecule has 4 heterocycles. The Morgan fingerprint density at radius 3 is 1.30 bits per heavy atom. The summed E-state index contributed by atoms with van der Waals surface area (Å²) in [6.07, 6.45) is 7.21. The lowest BCUT2D eigenvalue weighted by Crippen LogP contribution is -2.02. The van der Waals surface area contributed by atoms with E-state index in [0.29, 0.717) is 58.1 Å². The molecule has 4 aromatic carbocycles. The predicted octanol–water partition coefficient (Wildman–Crippen LogP) is 12.9. The highest BCUT2D eigenvalue weighted by Gasteiger charge is 2.19. The molecule has 0 spiro atoms. The second-order valence-corrected chi connectivity index (χ2v) is 14.6. The second kappa shape index (κ2) is 15.5. The van der Waals surface area contributed by atoms with Crippen LogP contribution in [0.15, 0.2) is 134 Å². The number of nitrogens with zero attached hydrogens (tertiary/aromatic N) is 5. The van der Waals surface area contributed by atoms with Crippen LogP contribution in [-0.4, -0.2) is 24.5 Å². The highest BCUT2D eigenvalue weighted by molar-refractivity contribution is 6.09. The SMILES string of the molecule is CC(C)c1cnc(-n2c3cc(Oc4cc(Oc5ccccn5)ccc4C(C)C)ccc3c3ccc(Oc4cc(Oc5ccccn5)ccc4C(C)C)cc32)nc1. The Balaban J connectivity index is 1.21. The summed E-state index contributed by atoms with van der Waals surface area (Å²) in [5.74, 6) is 6.32. The van der Waals surface area contributed by atoms with Gasteiger partial charge in [-0.25, -0.2) is 19.9 Å². The molecule has 0 atom stereocenters. The van der Waals surface area contributed by atoms with Crippen LogP contribution in [0.2, 0.25) is 0 Å². The number of hydrogen-bond donors (Lipinski definition) is 0. The van der Waals surface area contributed by atoms with Gasteiger partial charge in [-0.2, -0.15) is 0 Å². The van der Waals surface area contributed by atoms with E-state index in [-0.39, 0.29) is 11.8 Å². The fraction of sp³-hybridized carbons (Fsp3) is 0.191. The molecule has 0 aliphatic carbocycles. The number of hydrogen-bond acceptors (Lipinski definition) is 8. The van der Waals surface area contributed by atoms with Crippen LogP contribution in [0.25, 0.3) is 27.8 Å². The van der Waals surface area contributed by atoms with E-state index in [1.807, 2.05) is 109 Å². The average Bonchev–Trinajstić information content (AvgIpc) is 3.51. The van der Waals surface area contributed by atoms with Crippen molar-refractivity contribution in [1.82, 2.24) is 24.5 Å². The van der Waals surface area contributed by atoms with Gasteiger partial charge in [-0.05, 0) is 83.0 Å². The molecule has 56 heavy (non-hydrogen) atoms. The van der Waals surface area contributed by atoms with E-state index in [1.165, 1.54) is 0 Å². The molecular formula is C47H43N5O4. The van der Waals surface area contributed by atoms with Crippen molar-refractivity contribution in [1.29, 1.82) is 0 Å². The molecule has 0 aliphatic rings. The fourth-order valence-electron chi connectivity index (χ4n) is 6.66. The summed E-state index contributed by atoms with van der Waals surface area (Å²) in [6, 6.07) is 35.2. The Kier molecular flexibility index (Phi) is 10.1. The Labute approximate surface area is 326 Å². The van der Waals surface area contributed by atoms with Crippen LogP contribution < -0.4 is 18.9 Å². The zero-order valence-corrected chi connectivity index (χ0v) is 32.3. The van der Waals surface area contributed by atoms with Gasteiger partial charge in [0.1, 0.15) is 34.5 Å². The molecule has 0 N–H and O–H groups in total. The van der Waals surface area contributed by atoms with Crippen molar-refractivity contribution >= 4 is 21.8 Å². The van der Waals surface area contributed by atoms with Crippen LogP contribution in [0.1, 0.15) is 76.0 Å². The van der Waals surface area contributed by atoms with Crippen LogP contribution in [0.3, 0.4) is 0 Å². The number of aromatic nitrogens is 5. The standard InChI is InChI=1S/C47H43N5O4/c1-29(2)32-27-50-47(51-28-32)52-41-23-33(53-43-25-35(13-17-37(43)30(3)4)55-45-11-7-9-21-48-45)15-19-39(41)40-20-16-34(24-42(40)52)54-44-26-36(14-18-38(44)31(5)6)56-46-12-8-10-22-49-46/h7-31H,1-6H3. The average molecular weight is 742 g/mol. The normalized spacial score (nSPS) is 11.5. The van der Waals surface area contributed by atoms with Gasteiger partial charge in [-0.1, -0.05) is 65.8 Å². The molecule has 4 aromatic heterocycles. The van der Waals surface area contributed by atoms with Gasteiger partial charge >= 0.3 is 0 Å². The Morgan fingerprint density at radius 2 is 0.893 bits per heavy atom. The molecule has 9 heteroatoms. The number of pyridine rings is 2. The minimum Gasteiger partial charge on any atom is -0.457 e. The molecule has 280 valence electrons. The monoisotopic (exact) mass is 741 g/mol. The first-order chi connectivity index (χ1) is 27.2. The minimum atomic E-state index is 0.217. The van der Waals surface area contributed by atoms with Crippen molar-refractivity contribution in [2.75, 3.05) is 0 Å². The molecule has 9 nitrogen and oxygen atoms in total. The van der Waals surface area contributed by atoms with E-state index in [1.54, 1.807) is 12.4 Å². The van der Waals surface area contributed by atoms with E-state index < -0.39 is 0 Å². The molecule has 8 rings (SSSR count). The highest BCUT2D eigenvalue weighted by atomic mass is 16.5. The lowest BCUT2D eigenvalue weighted by molar-refractivity contribution is 0.444. The van der Waals surface area contributed by atoms with E-state index >= 15 is 0 Å². The third-order valence-electron chi connectivity index (χ3n) is 9.63. The molecule has 0 amide bonds. The van der Waals surface area contributed by atoms with Gasteiger partial charge in [0.2, 0.25) is 17.7 Å². The molecule has 0 saturated heterocycles. The molecule has 0 unspecified atom stereocenters. The summed E-state index contributed by atoms with van der Waals surface area (Å²) in [5, 5.41) is 2.06. The summed E-state index contributed by atoms with van der Waals surface area (Å²) < 4.78 is 27.6. The van der Waals surface area contributed by atoms with Gasteiger partial charge in [0.05, 0.1) is 11.0 Å². The number of benzene rings is 4. The second-order valence-electron chi connectivity index (χ2n) is 14.6. The topological polar surface area (TPSA) is 93.4 Å². The van der Waals surface area contributed by atoms with Crippen molar-refractivity contribution in [3.63, 3.8) is 0 Å². The molecule has 0 aliphatic heterocycles. The van der Waals surface area contributed by atoms with Gasteiger partial charge < -0.3 is 18.9 Å². The largest absolute Gasteiger partial charge is 0.457 e. The van der Waals surface area contributed by atoms with Crippen molar-refractivity contribution in [3.8, 4) is 52.2 Å². The highest BCUT2D eigenvalue weighted by Crippen LogP contribution is 2.41. The van der Waals surface area contributed by atoms with E-state index in [9.17, 15) is 0 Å². The minimum absolute atomic E-state index is 0.217. The van der Waals surface area contributed by atoms with Crippen LogP contribution >= 0.6 is 0 Å². The van der Waals surface area contributed by atoms with Gasteiger partial charge in [0, 0.05) is 72.0 Å². The third kappa shape index (κ3) is 7.61. The van der Waals surface area contributed by atoms with Crippen molar-refractivity contribution < 1.29 is 18.9 Å². The maximum atomic E-state index is 6.69. The van der Waals surface area contributed by atoms with Crippen molar-refractivity contribution in [2.45, 2.75) is 59.3 Å². The molecule has 0 bridgehead atoms. The lowest BCUT2D eigenvalue weighted by Gasteiger charge is -2.16. The quantitative estimate of drug-likeness (QED) is 0.122. The first-order valence-electron chi connectivity index (χ1n) is 18.9. The zero-order chi connectivity index (χ0) is 38.8. The van der Waals surface area contributed by atoms with Gasteiger partial charge in [0.15, 0.2) is 0 Å².